The van der Waals surface area contributed by atoms with Gasteiger partial charge in [0.25, 0.3) is 0 Å². The summed E-state index contributed by atoms with van der Waals surface area (Å²) in [6.45, 7) is 3.61. The van der Waals surface area contributed by atoms with Crippen LogP contribution >= 0.6 is 0 Å². The predicted molar refractivity (Wildman–Crippen MR) is 134 cm³/mol. The molecule has 0 bridgehead atoms. The molecule has 1 heterocycles. The van der Waals surface area contributed by atoms with Crippen molar-refractivity contribution in [1.82, 2.24) is 4.90 Å². The molecule has 0 aliphatic carbocycles. The topological polar surface area (TPSA) is 29.5 Å². The van der Waals surface area contributed by atoms with Crippen LogP contribution in [0.3, 0.4) is 0 Å². The van der Waals surface area contributed by atoms with Crippen LogP contribution in [0.4, 0.5) is 39.5 Å². The summed E-state index contributed by atoms with van der Waals surface area (Å²) in [7, 11) is 0. The molecule has 0 aromatic heterocycles. The van der Waals surface area contributed by atoms with Gasteiger partial charge in [0.2, 0.25) is 0 Å². The van der Waals surface area contributed by atoms with E-state index in [2.05, 4.69) is 0 Å². The van der Waals surface area contributed by atoms with E-state index in [4.69, 9.17) is 4.74 Å². The number of carbonyl (C=O) groups is 1. The fourth-order valence-electron chi connectivity index (χ4n) is 5.15. The van der Waals surface area contributed by atoms with E-state index >= 15 is 0 Å². The Labute approximate surface area is 232 Å². The van der Waals surface area contributed by atoms with Crippen molar-refractivity contribution in [3.63, 3.8) is 0 Å². The summed E-state index contributed by atoms with van der Waals surface area (Å²) in [5.41, 5.74) is -2.76. The number of piperidine rings is 1. The van der Waals surface area contributed by atoms with Crippen molar-refractivity contribution in [2.24, 2.45) is 0 Å². The number of esters is 1. The van der Waals surface area contributed by atoms with E-state index < -0.39 is 58.8 Å². The summed E-state index contributed by atoms with van der Waals surface area (Å²) in [5, 5.41) is 0. The van der Waals surface area contributed by atoms with E-state index in [1.807, 2.05) is 0 Å². The van der Waals surface area contributed by atoms with Gasteiger partial charge in [0.05, 0.1) is 29.7 Å². The molecule has 2 aromatic rings. The zero-order chi connectivity index (χ0) is 30.6. The summed E-state index contributed by atoms with van der Waals surface area (Å²) in [6, 6.07) is 3.68. The van der Waals surface area contributed by atoms with Gasteiger partial charge in [0, 0.05) is 18.6 Å². The summed E-state index contributed by atoms with van der Waals surface area (Å²) < 4.78 is 128. The molecule has 1 fully saturated rings. The van der Waals surface area contributed by atoms with Crippen molar-refractivity contribution >= 4 is 5.97 Å². The number of carbonyl (C=O) groups excluding carboxylic acids is 1. The zero-order valence-corrected chi connectivity index (χ0v) is 22.4. The standard InChI is InChI=1S/C29H30F9NO2/c1-3-5-24(22-17-21(28(33,34)35)11-12-23(22)29(36,37)38)39-15-14-18(6-13-26(40)41-4-2)16-25(39)19-7-9-20(10-8-19)27(30,31)32/h6-12,17,24-25H,3-5,13-16H2,1-2H3/b18-6+. The monoisotopic (exact) mass is 595 g/mol. The Balaban J connectivity index is 2.13. The predicted octanol–water partition coefficient (Wildman–Crippen LogP) is 9.30. The highest BCUT2D eigenvalue weighted by molar-refractivity contribution is 5.71. The number of ether oxygens (including phenoxy) is 1. The second kappa shape index (κ2) is 12.9. The number of hydrogen-bond acceptors (Lipinski definition) is 3. The molecule has 0 amide bonds. The van der Waals surface area contributed by atoms with Crippen molar-refractivity contribution in [1.29, 1.82) is 0 Å². The number of nitrogens with zero attached hydrogens (tertiary/aromatic N) is 1. The summed E-state index contributed by atoms with van der Waals surface area (Å²) in [4.78, 5) is 13.5. The van der Waals surface area contributed by atoms with E-state index in [1.54, 1.807) is 24.8 Å². The van der Waals surface area contributed by atoms with Gasteiger partial charge in [-0.2, -0.15) is 39.5 Å². The minimum atomic E-state index is -4.93. The van der Waals surface area contributed by atoms with E-state index in [-0.39, 0.29) is 32.4 Å². The molecule has 3 rings (SSSR count). The molecule has 2 atom stereocenters. The number of hydrogen-bond donors (Lipinski definition) is 0. The third-order valence-corrected chi connectivity index (χ3v) is 7.04. The van der Waals surface area contributed by atoms with Gasteiger partial charge < -0.3 is 4.74 Å². The fourth-order valence-corrected chi connectivity index (χ4v) is 5.15. The lowest BCUT2D eigenvalue weighted by Crippen LogP contribution is -2.38. The summed E-state index contributed by atoms with van der Waals surface area (Å²) in [6.07, 6.45) is -12.0. The number of benzene rings is 2. The van der Waals surface area contributed by atoms with Crippen LogP contribution < -0.4 is 0 Å². The molecule has 0 N–H and O–H groups in total. The molecule has 1 saturated heterocycles. The second-order valence-corrected chi connectivity index (χ2v) is 9.80. The van der Waals surface area contributed by atoms with Gasteiger partial charge in [-0.3, -0.25) is 9.69 Å². The van der Waals surface area contributed by atoms with E-state index in [0.717, 1.165) is 17.7 Å². The molecule has 3 nitrogen and oxygen atoms in total. The molecular formula is C29H30F9NO2. The van der Waals surface area contributed by atoms with Crippen molar-refractivity contribution in [3.8, 4) is 0 Å². The van der Waals surface area contributed by atoms with Gasteiger partial charge in [-0.15, -0.1) is 0 Å². The molecule has 226 valence electrons. The molecule has 0 spiro atoms. The lowest BCUT2D eigenvalue weighted by Gasteiger charge is -2.43. The van der Waals surface area contributed by atoms with Crippen molar-refractivity contribution < 1.29 is 49.0 Å². The first kappa shape index (κ1) is 32.5. The number of alkyl halides is 9. The average molecular weight is 596 g/mol. The van der Waals surface area contributed by atoms with Gasteiger partial charge in [0.15, 0.2) is 0 Å². The van der Waals surface area contributed by atoms with Crippen LogP contribution in [-0.2, 0) is 28.1 Å². The highest BCUT2D eigenvalue weighted by atomic mass is 19.4. The van der Waals surface area contributed by atoms with Gasteiger partial charge in [-0.25, -0.2) is 0 Å². The van der Waals surface area contributed by atoms with Gasteiger partial charge in [-0.1, -0.05) is 37.1 Å². The highest BCUT2D eigenvalue weighted by Crippen LogP contribution is 2.46. The lowest BCUT2D eigenvalue weighted by atomic mass is 9.85. The first-order valence-electron chi connectivity index (χ1n) is 13.1. The summed E-state index contributed by atoms with van der Waals surface area (Å²) >= 11 is 0. The van der Waals surface area contributed by atoms with Gasteiger partial charge >= 0.3 is 24.5 Å². The Kier molecular flexibility index (Phi) is 10.2. The molecule has 2 unspecified atom stereocenters. The Bertz CT molecular complexity index is 1210. The van der Waals surface area contributed by atoms with Crippen molar-refractivity contribution in [3.05, 3.63) is 81.9 Å². The molecule has 41 heavy (non-hydrogen) atoms. The lowest BCUT2D eigenvalue weighted by molar-refractivity contribution is -0.142. The molecule has 12 heteroatoms. The van der Waals surface area contributed by atoms with E-state index in [9.17, 15) is 44.3 Å². The summed E-state index contributed by atoms with van der Waals surface area (Å²) in [5.74, 6) is -0.490. The van der Waals surface area contributed by atoms with Crippen LogP contribution in [0.25, 0.3) is 0 Å². The number of rotatable bonds is 8. The SMILES string of the molecule is CCCC(c1cc(C(F)(F)F)ccc1C(F)(F)F)N1CC/C(=C\CC(=O)OCC)CC1c1ccc(C(F)(F)F)cc1. The van der Waals surface area contributed by atoms with Crippen LogP contribution in [-0.4, -0.2) is 24.0 Å². The normalized spacial score (nSPS) is 18.9. The zero-order valence-electron chi connectivity index (χ0n) is 22.4. The highest BCUT2D eigenvalue weighted by Gasteiger charge is 2.41. The fraction of sp³-hybridized carbons (Fsp3) is 0.483. The number of likely N-dealkylation sites (tertiary alicyclic amines) is 1. The average Bonchev–Trinajstić information content (AvgIpc) is 2.89. The van der Waals surface area contributed by atoms with Gasteiger partial charge in [-0.05, 0) is 67.6 Å². The molecule has 0 radical (unpaired) electrons. The van der Waals surface area contributed by atoms with E-state index in [1.165, 1.54) is 12.1 Å². The first-order chi connectivity index (χ1) is 19.1. The van der Waals surface area contributed by atoms with E-state index in [0.29, 0.717) is 36.6 Å². The Morgan fingerprint density at radius 3 is 2.07 bits per heavy atom. The van der Waals surface area contributed by atoms with Crippen LogP contribution in [0, 0.1) is 0 Å². The maximum Gasteiger partial charge on any atom is 0.416 e. The van der Waals surface area contributed by atoms with Crippen LogP contribution in [0.2, 0.25) is 0 Å². The van der Waals surface area contributed by atoms with Crippen LogP contribution in [0.1, 0.15) is 85.9 Å². The van der Waals surface area contributed by atoms with Crippen LogP contribution in [0.5, 0.6) is 0 Å². The Morgan fingerprint density at radius 2 is 1.54 bits per heavy atom. The van der Waals surface area contributed by atoms with Crippen molar-refractivity contribution in [2.45, 2.75) is 76.6 Å². The largest absolute Gasteiger partial charge is 0.466 e. The molecule has 1 aliphatic rings. The Morgan fingerprint density at radius 1 is 0.927 bits per heavy atom. The van der Waals surface area contributed by atoms with Crippen LogP contribution in [0.15, 0.2) is 54.1 Å². The number of halogens is 9. The molecule has 0 saturated carbocycles. The molecule has 1 aliphatic heterocycles. The first-order valence-corrected chi connectivity index (χ1v) is 13.1. The second-order valence-electron chi connectivity index (χ2n) is 9.80. The van der Waals surface area contributed by atoms with Gasteiger partial charge in [0.1, 0.15) is 0 Å². The third kappa shape index (κ3) is 8.27. The maximum absolute atomic E-state index is 14.1. The minimum absolute atomic E-state index is 0.0624. The van der Waals surface area contributed by atoms with Crippen molar-refractivity contribution in [2.75, 3.05) is 13.2 Å². The molecular weight excluding hydrogens is 565 g/mol. The maximum atomic E-state index is 14.1. The minimum Gasteiger partial charge on any atom is -0.466 e. The molecule has 2 aromatic carbocycles. The quantitative estimate of drug-likeness (QED) is 0.173. The Hall–Kier alpha value is -3.02. The third-order valence-electron chi connectivity index (χ3n) is 7.04. The smallest absolute Gasteiger partial charge is 0.416 e.